The molecule has 0 N–H and O–H groups in total. The second-order valence-electron chi connectivity index (χ2n) is 14.8. The van der Waals surface area contributed by atoms with E-state index in [0.29, 0.717) is 75.8 Å². The number of carbonyl (C=O) groups is 1. The third-order valence-electron chi connectivity index (χ3n) is 10.3. The molecule has 5 aromatic rings. The summed E-state index contributed by atoms with van der Waals surface area (Å²) >= 11 is 0. The Hall–Kier alpha value is -5.26. The summed E-state index contributed by atoms with van der Waals surface area (Å²) in [6, 6.07) is 17.3. The molecule has 3 aromatic carbocycles. The minimum atomic E-state index is -0.665. The van der Waals surface area contributed by atoms with E-state index in [1.165, 1.54) is 0 Å². The van der Waals surface area contributed by atoms with E-state index in [-0.39, 0.29) is 30.1 Å². The summed E-state index contributed by atoms with van der Waals surface area (Å²) in [5, 5.41) is 27.4. The highest BCUT2D eigenvalue weighted by Gasteiger charge is 2.36. The van der Waals surface area contributed by atoms with E-state index in [2.05, 4.69) is 24.1 Å². The largest absolute Gasteiger partial charge is 0.475 e. The number of likely N-dealkylation sites (tertiary alicyclic amines) is 2. The van der Waals surface area contributed by atoms with Crippen molar-refractivity contribution in [1.29, 1.82) is 10.5 Å². The number of hydrogen-bond acceptors (Lipinski definition) is 8. The highest BCUT2D eigenvalue weighted by molar-refractivity contribution is 6.09. The highest BCUT2D eigenvalue weighted by atomic mass is 19.1. The van der Waals surface area contributed by atoms with Crippen LogP contribution >= 0.6 is 0 Å². The minimum Gasteiger partial charge on any atom is -0.475 e. The molecule has 0 bridgehead atoms. The summed E-state index contributed by atoms with van der Waals surface area (Å²) in [5.74, 6) is -0.182. The van der Waals surface area contributed by atoms with Gasteiger partial charge in [0.2, 0.25) is 5.88 Å². The van der Waals surface area contributed by atoms with Gasteiger partial charge >= 0.3 is 6.09 Å². The monoisotopic (exact) mass is 687 g/mol. The lowest BCUT2D eigenvalue weighted by atomic mass is 9.91. The Morgan fingerprint density at radius 2 is 1.86 bits per heavy atom. The van der Waals surface area contributed by atoms with E-state index in [4.69, 9.17) is 19.6 Å². The summed E-state index contributed by atoms with van der Waals surface area (Å²) in [5.41, 5.74) is 2.37. The van der Waals surface area contributed by atoms with Crippen molar-refractivity contribution in [2.45, 2.75) is 83.5 Å². The lowest BCUT2D eigenvalue weighted by molar-refractivity contribution is 0.00565. The number of benzene rings is 3. The van der Waals surface area contributed by atoms with Gasteiger partial charge < -0.3 is 19.3 Å². The SMILES string of the molecule is Cc1cc2c(nc(OC[C@@H]3CCCN3C)c3cnn([C@H]4CCN(C(=O)OC(C)(C)C)[C@H](CC#N)C4)c32)c(F)c1-c1cccc2cccc(C#N)c12. The molecular formula is C40H42FN7O3. The van der Waals surface area contributed by atoms with E-state index in [9.17, 15) is 15.3 Å². The molecule has 0 spiro atoms. The molecule has 0 aliphatic carbocycles. The number of pyridine rings is 1. The fourth-order valence-corrected chi connectivity index (χ4v) is 7.84. The van der Waals surface area contributed by atoms with Crippen molar-refractivity contribution >= 4 is 38.7 Å². The molecule has 2 fully saturated rings. The number of nitrogens with zero attached hydrogens (tertiary/aromatic N) is 7. The van der Waals surface area contributed by atoms with Gasteiger partial charge in [0.05, 0.1) is 53.3 Å². The van der Waals surface area contributed by atoms with Crippen LogP contribution in [-0.2, 0) is 4.74 Å². The van der Waals surface area contributed by atoms with Crippen molar-refractivity contribution in [3.8, 4) is 29.1 Å². The van der Waals surface area contributed by atoms with Crippen LogP contribution in [0.1, 0.15) is 70.0 Å². The zero-order chi connectivity index (χ0) is 36.0. The molecule has 3 atom stereocenters. The Morgan fingerprint density at radius 1 is 1.08 bits per heavy atom. The number of rotatable bonds is 6. The first-order chi connectivity index (χ1) is 24.5. The first kappa shape index (κ1) is 34.2. The summed E-state index contributed by atoms with van der Waals surface area (Å²) in [6.07, 6.45) is 4.57. The van der Waals surface area contributed by atoms with Crippen LogP contribution in [0.25, 0.3) is 43.7 Å². The summed E-state index contributed by atoms with van der Waals surface area (Å²) < 4.78 is 31.3. The van der Waals surface area contributed by atoms with E-state index in [1.54, 1.807) is 17.2 Å². The highest BCUT2D eigenvalue weighted by Crippen LogP contribution is 2.42. The molecule has 2 aromatic heterocycles. The van der Waals surface area contributed by atoms with Crippen LogP contribution in [0.2, 0.25) is 0 Å². The second-order valence-corrected chi connectivity index (χ2v) is 14.8. The number of halogens is 1. The number of aryl methyl sites for hydroxylation is 1. The molecule has 2 aliphatic heterocycles. The Morgan fingerprint density at radius 3 is 2.57 bits per heavy atom. The normalized spacial score (nSPS) is 19.8. The molecule has 7 rings (SSSR count). The Balaban J connectivity index is 1.38. The quantitative estimate of drug-likeness (QED) is 0.176. The van der Waals surface area contributed by atoms with Gasteiger partial charge in [0.15, 0.2) is 5.82 Å². The zero-order valence-electron chi connectivity index (χ0n) is 29.7. The molecule has 2 aliphatic rings. The van der Waals surface area contributed by atoms with Crippen LogP contribution in [0, 0.1) is 35.4 Å². The molecule has 0 radical (unpaired) electrons. The summed E-state index contributed by atoms with van der Waals surface area (Å²) in [6.45, 7) is 9.13. The van der Waals surface area contributed by atoms with Crippen LogP contribution in [0.15, 0.2) is 48.7 Å². The van der Waals surface area contributed by atoms with Crippen molar-refractivity contribution in [1.82, 2.24) is 24.6 Å². The molecule has 0 unspecified atom stereocenters. The van der Waals surface area contributed by atoms with E-state index < -0.39 is 17.5 Å². The van der Waals surface area contributed by atoms with Gasteiger partial charge in [-0.15, -0.1) is 0 Å². The average molecular weight is 688 g/mol. The van der Waals surface area contributed by atoms with Crippen molar-refractivity contribution in [2.24, 2.45) is 0 Å². The Kier molecular flexibility index (Phi) is 9.03. The number of nitriles is 2. The molecule has 2 saturated heterocycles. The Labute approximate surface area is 297 Å². The first-order valence-corrected chi connectivity index (χ1v) is 17.6. The van der Waals surface area contributed by atoms with Crippen LogP contribution in [0.5, 0.6) is 5.88 Å². The Bertz CT molecular complexity index is 2240. The van der Waals surface area contributed by atoms with Crippen LogP contribution in [0.3, 0.4) is 0 Å². The number of piperidine rings is 1. The number of ether oxygens (including phenoxy) is 2. The fraction of sp³-hybridized carbons (Fsp3) is 0.425. The molecule has 51 heavy (non-hydrogen) atoms. The number of aromatic nitrogens is 3. The maximum atomic E-state index is 17.3. The van der Waals surface area contributed by atoms with Crippen molar-refractivity contribution < 1.29 is 18.7 Å². The number of carbonyl (C=O) groups excluding carboxylic acids is 1. The van der Waals surface area contributed by atoms with Crippen molar-refractivity contribution in [3.63, 3.8) is 0 Å². The maximum absolute atomic E-state index is 17.3. The standard InChI is InChI=1S/C40H42FN7O3/c1-24-19-31-36(35(41)33(24)30-13-7-10-25-9-6-11-26(21-43)34(25)30)45-38(50-23-29-12-8-17-46(29)5)32-22-44-48(37(31)32)28-15-18-47(27(20-28)14-16-42)39(49)51-40(2,3)4/h6-7,9-11,13,19,22,27-29H,8,12,14-15,17-18,20,23H2,1-5H3/t27-,28+,29+/m1/s1. The predicted octanol–water partition coefficient (Wildman–Crippen LogP) is 8.05. The number of hydrogen-bond donors (Lipinski definition) is 0. The van der Waals surface area contributed by atoms with Gasteiger partial charge in [-0.3, -0.25) is 4.68 Å². The van der Waals surface area contributed by atoms with Gasteiger partial charge in [0, 0.05) is 28.9 Å². The van der Waals surface area contributed by atoms with Crippen LogP contribution in [0.4, 0.5) is 9.18 Å². The smallest absolute Gasteiger partial charge is 0.410 e. The van der Waals surface area contributed by atoms with Gasteiger partial charge in [0.1, 0.15) is 17.7 Å². The molecule has 262 valence electrons. The van der Waals surface area contributed by atoms with Gasteiger partial charge in [-0.1, -0.05) is 30.3 Å². The zero-order valence-corrected chi connectivity index (χ0v) is 29.7. The third kappa shape index (κ3) is 6.32. The second kappa shape index (κ2) is 13.5. The third-order valence-corrected chi connectivity index (χ3v) is 10.3. The number of amides is 1. The number of likely N-dealkylation sites (N-methyl/N-ethyl adjacent to an activating group) is 1. The molecular weight excluding hydrogens is 645 g/mol. The van der Waals surface area contributed by atoms with Crippen LogP contribution < -0.4 is 4.74 Å². The fourth-order valence-electron chi connectivity index (χ4n) is 7.84. The summed E-state index contributed by atoms with van der Waals surface area (Å²) in [4.78, 5) is 21.9. The molecule has 10 nitrogen and oxygen atoms in total. The lowest BCUT2D eigenvalue weighted by Crippen LogP contribution is -2.48. The maximum Gasteiger partial charge on any atom is 0.410 e. The summed E-state index contributed by atoms with van der Waals surface area (Å²) in [7, 11) is 2.08. The van der Waals surface area contributed by atoms with Gasteiger partial charge in [-0.25, -0.2) is 14.2 Å². The minimum absolute atomic E-state index is 0.146. The van der Waals surface area contributed by atoms with Crippen molar-refractivity contribution in [3.05, 3.63) is 65.6 Å². The lowest BCUT2D eigenvalue weighted by Gasteiger charge is -2.39. The van der Waals surface area contributed by atoms with E-state index >= 15 is 4.39 Å². The number of fused-ring (bicyclic) bond motifs is 4. The van der Waals surface area contributed by atoms with Crippen LogP contribution in [-0.4, -0.2) is 75.1 Å². The first-order valence-electron chi connectivity index (χ1n) is 17.6. The average Bonchev–Trinajstić information content (AvgIpc) is 3.73. The molecule has 1 amide bonds. The van der Waals surface area contributed by atoms with Gasteiger partial charge in [-0.2, -0.15) is 15.6 Å². The predicted molar refractivity (Wildman–Crippen MR) is 194 cm³/mol. The van der Waals surface area contributed by atoms with Gasteiger partial charge in [-0.05, 0) is 95.6 Å². The van der Waals surface area contributed by atoms with Crippen molar-refractivity contribution in [2.75, 3.05) is 26.7 Å². The molecule has 0 saturated carbocycles. The molecule has 4 heterocycles. The molecule has 11 heteroatoms. The van der Waals surface area contributed by atoms with E-state index in [0.717, 1.165) is 24.8 Å². The van der Waals surface area contributed by atoms with E-state index in [1.807, 2.05) is 68.8 Å². The topological polar surface area (TPSA) is 120 Å². The van der Waals surface area contributed by atoms with Gasteiger partial charge in [0.25, 0.3) is 0 Å².